The summed E-state index contributed by atoms with van der Waals surface area (Å²) in [7, 11) is 0. The first kappa shape index (κ1) is 15.6. The van der Waals surface area contributed by atoms with Crippen LogP contribution in [0.15, 0.2) is 53.9 Å². The summed E-state index contributed by atoms with van der Waals surface area (Å²) < 4.78 is 0. The van der Waals surface area contributed by atoms with Gasteiger partial charge in [-0.25, -0.2) is 4.98 Å². The molecular weight excluding hydrogens is 332 g/mol. The number of anilines is 2. The van der Waals surface area contributed by atoms with Gasteiger partial charge in [-0.15, -0.1) is 11.3 Å². The summed E-state index contributed by atoms with van der Waals surface area (Å²) in [5, 5.41) is 26.8. The molecule has 1 N–H and O–H groups in total. The summed E-state index contributed by atoms with van der Waals surface area (Å²) in [6, 6.07) is 12.2. The van der Waals surface area contributed by atoms with E-state index >= 15 is 0 Å². The maximum Gasteiger partial charge on any atom is 0.271 e. The zero-order chi connectivity index (χ0) is 17.1. The van der Waals surface area contributed by atoms with Gasteiger partial charge in [0.05, 0.1) is 15.5 Å². The van der Waals surface area contributed by atoms with Crippen LogP contribution in [-0.4, -0.2) is 14.8 Å². The van der Waals surface area contributed by atoms with E-state index < -0.39 is 9.85 Å². The molecule has 0 saturated heterocycles. The lowest BCUT2D eigenvalue weighted by Gasteiger charge is -2.02. The Morgan fingerprint density at radius 3 is 2.33 bits per heavy atom. The molecule has 0 aliphatic carbocycles. The molecule has 9 heteroatoms. The van der Waals surface area contributed by atoms with Crippen LogP contribution in [0.25, 0.3) is 11.3 Å². The highest BCUT2D eigenvalue weighted by Crippen LogP contribution is 2.29. The van der Waals surface area contributed by atoms with Crippen molar-refractivity contribution < 1.29 is 9.85 Å². The summed E-state index contributed by atoms with van der Waals surface area (Å²) >= 11 is 1.34. The van der Waals surface area contributed by atoms with Crippen molar-refractivity contribution in [3.8, 4) is 11.3 Å². The molecular formula is C15H10N4O4S. The van der Waals surface area contributed by atoms with Crippen LogP contribution in [0.4, 0.5) is 22.2 Å². The molecule has 0 saturated carbocycles. The van der Waals surface area contributed by atoms with Crippen molar-refractivity contribution in [2.45, 2.75) is 0 Å². The minimum absolute atomic E-state index is 0.00727. The molecule has 0 atom stereocenters. The van der Waals surface area contributed by atoms with Gasteiger partial charge in [0.15, 0.2) is 5.13 Å². The quantitative estimate of drug-likeness (QED) is 0.544. The minimum atomic E-state index is -0.463. The highest BCUT2D eigenvalue weighted by molar-refractivity contribution is 7.14. The number of nitro benzene ring substituents is 2. The summed E-state index contributed by atoms with van der Waals surface area (Å²) in [4.78, 5) is 24.9. The second-order valence-electron chi connectivity index (χ2n) is 4.77. The molecule has 8 nitrogen and oxygen atoms in total. The van der Waals surface area contributed by atoms with Gasteiger partial charge in [-0.1, -0.05) is 6.07 Å². The van der Waals surface area contributed by atoms with Gasteiger partial charge >= 0.3 is 0 Å². The van der Waals surface area contributed by atoms with Crippen molar-refractivity contribution in [2.24, 2.45) is 0 Å². The van der Waals surface area contributed by atoms with E-state index in [1.165, 1.54) is 35.6 Å². The van der Waals surface area contributed by atoms with Gasteiger partial charge in [0.1, 0.15) is 0 Å². The molecule has 0 radical (unpaired) electrons. The zero-order valence-electron chi connectivity index (χ0n) is 12.1. The van der Waals surface area contributed by atoms with Crippen molar-refractivity contribution in [3.63, 3.8) is 0 Å². The van der Waals surface area contributed by atoms with Crippen molar-refractivity contribution in [2.75, 3.05) is 5.32 Å². The number of aromatic nitrogens is 1. The van der Waals surface area contributed by atoms with Crippen LogP contribution >= 0.6 is 11.3 Å². The lowest BCUT2D eigenvalue weighted by atomic mass is 10.1. The number of non-ortho nitro benzene ring substituents is 2. The van der Waals surface area contributed by atoms with Gasteiger partial charge in [0.25, 0.3) is 11.4 Å². The first-order chi connectivity index (χ1) is 11.5. The largest absolute Gasteiger partial charge is 0.331 e. The fourth-order valence-electron chi connectivity index (χ4n) is 2.04. The number of rotatable bonds is 5. The van der Waals surface area contributed by atoms with Gasteiger partial charge in [0, 0.05) is 40.9 Å². The molecule has 0 fully saturated rings. The molecule has 120 valence electrons. The maximum atomic E-state index is 10.8. The molecule has 3 rings (SSSR count). The topological polar surface area (TPSA) is 111 Å². The first-order valence-corrected chi connectivity index (χ1v) is 7.63. The molecule has 0 aliphatic heterocycles. The SMILES string of the molecule is O=[N+]([O-])c1ccc(-c2csc(Nc3cccc([N+](=O)[O-])c3)n2)cc1. The smallest absolute Gasteiger partial charge is 0.271 e. The molecule has 0 spiro atoms. The Balaban J connectivity index is 1.79. The summed E-state index contributed by atoms with van der Waals surface area (Å²) in [5.74, 6) is 0. The standard InChI is InChI=1S/C15H10N4O4S/c20-18(21)12-6-4-10(5-7-12)14-9-24-15(17-14)16-11-2-1-3-13(8-11)19(22)23/h1-9H,(H,16,17). The monoisotopic (exact) mass is 342 g/mol. The Bertz CT molecular complexity index is 908. The molecule has 1 aromatic heterocycles. The van der Waals surface area contributed by atoms with Gasteiger partial charge < -0.3 is 5.32 Å². The predicted molar refractivity (Wildman–Crippen MR) is 90.6 cm³/mol. The lowest BCUT2D eigenvalue weighted by molar-refractivity contribution is -0.385. The number of hydrogen-bond acceptors (Lipinski definition) is 7. The van der Waals surface area contributed by atoms with Crippen molar-refractivity contribution in [1.29, 1.82) is 0 Å². The first-order valence-electron chi connectivity index (χ1n) is 6.75. The maximum absolute atomic E-state index is 10.8. The van der Waals surface area contributed by atoms with E-state index in [2.05, 4.69) is 10.3 Å². The van der Waals surface area contributed by atoms with Gasteiger partial charge in [0.2, 0.25) is 0 Å². The van der Waals surface area contributed by atoms with E-state index in [9.17, 15) is 20.2 Å². The summed E-state index contributed by atoms with van der Waals surface area (Å²) in [6.45, 7) is 0. The average molecular weight is 342 g/mol. The molecule has 0 bridgehead atoms. The van der Waals surface area contributed by atoms with Crippen LogP contribution in [0, 0.1) is 20.2 Å². The summed E-state index contributed by atoms with van der Waals surface area (Å²) in [5.41, 5.74) is 2.00. The Morgan fingerprint density at radius 2 is 1.67 bits per heavy atom. The molecule has 0 amide bonds. The zero-order valence-corrected chi connectivity index (χ0v) is 12.9. The van der Waals surface area contributed by atoms with Crippen LogP contribution in [0.3, 0.4) is 0 Å². The predicted octanol–water partition coefficient (Wildman–Crippen LogP) is 4.37. The van der Waals surface area contributed by atoms with E-state index in [1.54, 1.807) is 29.6 Å². The second-order valence-corrected chi connectivity index (χ2v) is 5.63. The Morgan fingerprint density at radius 1 is 0.958 bits per heavy atom. The van der Waals surface area contributed by atoms with Crippen LogP contribution < -0.4 is 5.32 Å². The highest BCUT2D eigenvalue weighted by atomic mass is 32.1. The molecule has 1 heterocycles. The Hall–Kier alpha value is -3.33. The normalized spacial score (nSPS) is 10.3. The van der Waals surface area contributed by atoms with Crippen molar-refractivity contribution >= 4 is 33.5 Å². The number of thiazole rings is 1. The van der Waals surface area contributed by atoms with Gasteiger partial charge in [-0.05, 0) is 18.2 Å². The van der Waals surface area contributed by atoms with E-state index in [0.29, 0.717) is 16.5 Å². The molecule has 0 unspecified atom stereocenters. The third-order valence-electron chi connectivity index (χ3n) is 3.19. The molecule has 2 aromatic carbocycles. The van der Waals surface area contributed by atoms with Crippen LogP contribution in [-0.2, 0) is 0 Å². The third-order valence-corrected chi connectivity index (χ3v) is 3.94. The van der Waals surface area contributed by atoms with Crippen LogP contribution in [0.5, 0.6) is 0 Å². The molecule has 3 aromatic rings. The highest BCUT2D eigenvalue weighted by Gasteiger charge is 2.10. The third kappa shape index (κ3) is 3.36. The van der Waals surface area contributed by atoms with E-state index in [1.807, 2.05) is 0 Å². The van der Waals surface area contributed by atoms with Crippen LogP contribution in [0.2, 0.25) is 0 Å². The Labute approximate surface area is 139 Å². The number of nitrogens with one attached hydrogen (secondary N) is 1. The van der Waals surface area contributed by atoms with Gasteiger partial charge in [-0.2, -0.15) is 0 Å². The van der Waals surface area contributed by atoms with E-state index in [0.717, 1.165) is 5.56 Å². The number of hydrogen-bond donors (Lipinski definition) is 1. The van der Waals surface area contributed by atoms with E-state index in [4.69, 9.17) is 0 Å². The fraction of sp³-hybridized carbons (Fsp3) is 0. The lowest BCUT2D eigenvalue weighted by Crippen LogP contribution is -1.92. The number of benzene rings is 2. The van der Waals surface area contributed by atoms with Gasteiger partial charge in [-0.3, -0.25) is 20.2 Å². The average Bonchev–Trinajstić information content (AvgIpc) is 3.03. The van der Waals surface area contributed by atoms with Crippen molar-refractivity contribution in [3.05, 3.63) is 74.1 Å². The van der Waals surface area contributed by atoms with Crippen LogP contribution in [0.1, 0.15) is 0 Å². The van der Waals surface area contributed by atoms with E-state index in [-0.39, 0.29) is 11.4 Å². The molecule has 24 heavy (non-hydrogen) atoms. The minimum Gasteiger partial charge on any atom is -0.331 e. The second kappa shape index (κ2) is 6.42. The molecule has 0 aliphatic rings. The Kier molecular flexibility index (Phi) is 4.17. The summed E-state index contributed by atoms with van der Waals surface area (Å²) in [6.07, 6.45) is 0. The number of nitrogens with zero attached hydrogens (tertiary/aromatic N) is 3. The van der Waals surface area contributed by atoms with Crippen molar-refractivity contribution in [1.82, 2.24) is 4.98 Å². The fourth-order valence-corrected chi connectivity index (χ4v) is 2.78. The number of nitro groups is 2.